The molecular formula is C12H12BrFN2O2. The molecule has 1 heterocycles. The number of hydrogen-bond acceptors (Lipinski definition) is 3. The summed E-state index contributed by atoms with van der Waals surface area (Å²) < 4.78 is 20.9. The summed E-state index contributed by atoms with van der Waals surface area (Å²) in [4.78, 5) is 4.27. The second-order valence-electron chi connectivity index (χ2n) is 3.73. The highest BCUT2D eigenvalue weighted by Gasteiger charge is 2.17. The number of aliphatic hydroxyl groups excluding tert-OH is 1. The predicted octanol–water partition coefficient (Wildman–Crippen LogP) is 2.49. The lowest BCUT2D eigenvalue weighted by molar-refractivity contribution is 0.276. The van der Waals surface area contributed by atoms with Crippen LogP contribution in [-0.4, -0.2) is 21.8 Å². The Hall–Kier alpha value is -1.40. The number of benzene rings is 1. The Labute approximate surface area is 112 Å². The standard InChI is InChI=1S/C12H12BrFN2O2/c1-16-11(13)9(6-17)15-12(16)8-5-7(14)3-4-10(8)18-2/h3-5,17H,6H2,1-2H3. The van der Waals surface area contributed by atoms with Gasteiger partial charge in [-0.05, 0) is 34.1 Å². The zero-order chi connectivity index (χ0) is 13.3. The maximum absolute atomic E-state index is 13.3. The van der Waals surface area contributed by atoms with E-state index in [4.69, 9.17) is 4.74 Å². The normalized spacial score (nSPS) is 10.7. The van der Waals surface area contributed by atoms with Gasteiger partial charge in [0.2, 0.25) is 0 Å². The summed E-state index contributed by atoms with van der Waals surface area (Å²) in [5.41, 5.74) is 1.04. The number of hydrogen-bond donors (Lipinski definition) is 1. The van der Waals surface area contributed by atoms with Crippen LogP contribution in [0.1, 0.15) is 5.69 Å². The first-order chi connectivity index (χ1) is 8.58. The molecule has 0 saturated carbocycles. The Morgan fingerprint density at radius 3 is 2.78 bits per heavy atom. The molecule has 0 spiro atoms. The van der Waals surface area contributed by atoms with Crippen molar-refractivity contribution in [3.8, 4) is 17.1 Å². The molecule has 2 rings (SSSR count). The minimum Gasteiger partial charge on any atom is -0.496 e. The van der Waals surface area contributed by atoms with Gasteiger partial charge in [0.1, 0.15) is 22.0 Å². The van der Waals surface area contributed by atoms with Crippen molar-refractivity contribution >= 4 is 15.9 Å². The minimum atomic E-state index is -0.365. The van der Waals surface area contributed by atoms with E-state index in [-0.39, 0.29) is 12.4 Å². The molecule has 2 aromatic rings. The Kier molecular flexibility index (Phi) is 3.68. The van der Waals surface area contributed by atoms with Gasteiger partial charge in [0.05, 0.1) is 25.0 Å². The van der Waals surface area contributed by atoms with Crippen molar-refractivity contribution in [2.24, 2.45) is 7.05 Å². The fourth-order valence-corrected chi connectivity index (χ4v) is 2.11. The second kappa shape index (κ2) is 5.07. The molecule has 0 radical (unpaired) electrons. The summed E-state index contributed by atoms with van der Waals surface area (Å²) >= 11 is 3.33. The van der Waals surface area contributed by atoms with E-state index in [2.05, 4.69) is 20.9 Å². The van der Waals surface area contributed by atoms with Crippen LogP contribution in [0.15, 0.2) is 22.8 Å². The molecule has 96 valence electrons. The SMILES string of the molecule is COc1ccc(F)cc1-c1nc(CO)c(Br)n1C. The molecule has 6 heteroatoms. The van der Waals surface area contributed by atoms with Gasteiger partial charge in [-0.2, -0.15) is 0 Å². The molecule has 0 saturated heterocycles. The van der Waals surface area contributed by atoms with E-state index >= 15 is 0 Å². The van der Waals surface area contributed by atoms with Gasteiger partial charge < -0.3 is 14.4 Å². The van der Waals surface area contributed by atoms with Crippen molar-refractivity contribution in [1.29, 1.82) is 0 Å². The molecule has 0 bridgehead atoms. The Balaban J connectivity index is 2.64. The Bertz CT molecular complexity index is 584. The summed E-state index contributed by atoms with van der Waals surface area (Å²) in [6.45, 7) is -0.188. The van der Waals surface area contributed by atoms with Crippen molar-refractivity contribution in [2.75, 3.05) is 7.11 Å². The largest absolute Gasteiger partial charge is 0.496 e. The van der Waals surface area contributed by atoms with Crippen molar-refractivity contribution < 1.29 is 14.2 Å². The lowest BCUT2D eigenvalue weighted by atomic mass is 10.2. The first kappa shape index (κ1) is 13.0. The van der Waals surface area contributed by atoms with E-state index in [9.17, 15) is 9.50 Å². The summed E-state index contributed by atoms with van der Waals surface area (Å²) in [5, 5.41) is 9.17. The van der Waals surface area contributed by atoms with Gasteiger partial charge in [-0.15, -0.1) is 0 Å². The minimum absolute atomic E-state index is 0.188. The third-order valence-corrected chi connectivity index (χ3v) is 3.63. The predicted molar refractivity (Wildman–Crippen MR) is 68.8 cm³/mol. The molecule has 1 aromatic carbocycles. The molecule has 18 heavy (non-hydrogen) atoms. The zero-order valence-corrected chi connectivity index (χ0v) is 11.5. The molecule has 1 N–H and O–H groups in total. The molecular weight excluding hydrogens is 303 g/mol. The molecule has 0 unspecified atom stereocenters. The van der Waals surface area contributed by atoms with Crippen LogP contribution in [0.3, 0.4) is 0 Å². The fraction of sp³-hybridized carbons (Fsp3) is 0.250. The van der Waals surface area contributed by atoms with Gasteiger partial charge >= 0.3 is 0 Å². The molecule has 0 fully saturated rings. The number of ether oxygens (including phenoxy) is 1. The van der Waals surface area contributed by atoms with E-state index in [1.807, 2.05) is 0 Å². The fourth-order valence-electron chi connectivity index (χ4n) is 1.73. The van der Waals surface area contributed by atoms with Crippen molar-refractivity contribution in [2.45, 2.75) is 6.61 Å². The number of imidazole rings is 1. The van der Waals surface area contributed by atoms with Crippen molar-refractivity contribution in [3.63, 3.8) is 0 Å². The highest BCUT2D eigenvalue weighted by Crippen LogP contribution is 2.32. The van der Waals surface area contributed by atoms with E-state index in [0.717, 1.165) is 0 Å². The first-order valence-corrected chi connectivity index (χ1v) is 6.03. The molecule has 1 aromatic heterocycles. The third-order valence-electron chi connectivity index (χ3n) is 2.64. The lowest BCUT2D eigenvalue weighted by Crippen LogP contribution is -1.96. The highest BCUT2D eigenvalue weighted by atomic mass is 79.9. The summed E-state index contributed by atoms with van der Waals surface area (Å²) in [7, 11) is 3.29. The van der Waals surface area contributed by atoms with Crippen molar-refractivity contribution in [3.05, 3.63) is 34.3 Å². The zero-order valence-electron chi connectivity index (χ0n) is 9.94. The second-order valence-corrected chi connectivity index (χ2v) is 4.49. The molecule has 4 nitrogen and oxygen atoms in total. The Morgan fingerprint density at radius 2 is 2.22 bits per heavy atom. The smallest absolute Gasteiger partial charge is 0.144 e. The number of rotatable bonds is 3. The van der Waals surface area contributed by atoms with Gasteiger partial charge in [-0.3, -0.25) is 0 Å². The van der Waals surface area contributed by atoms with E-state index in [1.54, 1.807) is 17.7 Å². The molecule has 0 atom stereocenters. The van der Waals surface area contributed by atoms with Crippen LogP contribution in [-0.2, 0) is 13.7 Å². The summed E-state index contributed by atoms with van der Waals surface area (Å²) in [6, 6.07) is 4.23. The van der Waals surface area contributed by atoms with Gasteiger partial charge in [-0.1, -0.05) is 0 Å². The summed E-state index contributed by atoms with van der Waals surface area (Å²) in [5.74, 6) is 0.694. The van der Waals surface area contributed by atoms with Crippen molar-refractivity contribution in [1.82, 2.24) is 9.55 Å². The van der Waals surface area contributed by atoms with Gasteiger partial charge in [0.15, 0.2) is 0 Å². The maximum atomic E-state index is 13.3. The van der Waals surface area contributed by atoms with Gasteiger partial charge in [0.25, 0.3) is 0 Å². The monoisotopic (exact) mass is 314 g/mol. The molecule has 0 aliphatic heterocycles. The van der Waals surface area contributed by atoms with E-state index < -0.39 is 0 Å². The molecule has 0 aliphatic rings. The van der Waals surface area contributed by atoms with Crippen LogP contribution >= 0.6 is 15.9 Å². The average molecular weight is 315 g/mol. The average Bonchev–Trinajstić information content (AvgIpc) is 2.66. The number of methoxy groups -OCH3 is 1. The first-order valence-electron chi connectivity index (χ1n) is 5.24. The van der Waals surface area contributed by atoms with Gasteiger partial charge in [-0.25, -0.2) is 9.37 Å². The number of aromatic nitrogens is 2. The van der Waals surface area contributed by atoms with E-state index in [0.29, 0.717) is 27.4 Å². The van der Waals surface area contributed by atoms with Crippen LogP contribution in [0.25, 0.3) is 11.4 Å². The van der Waals surface area contributed by atoms with Crippen LogP contribution in [0, 0.1) is 5.82 Å². The highest BCUT2D eigenvalue weighted by molar-refractivity contribution is 9.10. The lowest BCUT2D eigenvalue weighted by Gasteiger charge is -2.08. The van der Waals surface area contributed by atoms with Crippen LogP contribution in [0.2, 0.25) is 0 Å². The molecule has 0 amide bonds. The number of aliphatic hydroxyl groups is 1. The third kappa shape index (κ3) is 2.13. The summed E-state index contributed by atoms with van der Waals surface area (Å²) in [6.07, 6.45) is 0. The Morgan fingerprint density at radius 1 is 1.50 bits per heavy atom. The topological polar surface area (TPSA) is 47.3 Å². The van der Waals surface area contributed by atoms with Crippen LogP contribution in [0.4, 0.5) is 4.39 Å². The van der Waals surface area contributed by atoms with Gasteiger partial charge in [0, 0.05) is 7.05 Å². The quantitative estimate of drug-likeness (QED) is 0.947. The van der Waals surface area contributed by atoms with Crippen LogP contribution < -0.4 is 4.74 Å². The van der Waals surface area contributed by atoms with Crippen LogP contribution in [0.5, 0.6) is 5.75 Å². The number of halogens is 2. The molecule has 0 aliphatic carbocycles. The maximum Gasteiger partial charge on any atom is 0.144 e. The number of nitrogens with zero attached hydrogens (tertiary/aromatic N) is 2. The van der Waals surface area contributed by atoms with E-state index in [1.165, 1.54) is 19.2 Å².